The van der Waals surface area contributed by atoms with E-state index < -0.39 is 21.8 Å². The number of rotatable bonds is 4. The number of phenolic OH excluding ortho intramolecular Hbond substituents is 1. The van der Waals surface area contributed by atoms with E-state index in [1.165, 1.54) is 6.07 Å². The molecular formula is C13H15Cl2NO4S. The van der Waals surface area contributed by atoms with Gasteiger partial charge in [0, 0.05) is 18.0 Å². The van der Waals surface area contributed by atoms with Crippen LogP contribution in [0.1, 0.15) is 26.2 Å². The summed E-state index contributed by atoms with van der Waals surface area (Å²) >= 11 is 11.6. The topological polar surface area (TPSA) is 74.7 Å². The zero-order valence-electron chi connectivity index (χ0n) is 11.3. The summed E-state index contributed by atoms with van der Waals surface area (Å²) in [6.07, 6.45) is 1.35. The molecule has 0 aliphatic carbocycles. The second-order valence-corrected chi connectivity index (χ2v) is 7.53. The number of halogens is 2. The smallest absolute Gasteiger partial charge is 0.247 e. The third-order valence-corrected chi connectivity index (χ3v) is 5.93. The number of aromatic hydroxyl groups is 1. The monoisotopic (exact) mass is 351 g/mol. The van der Waals surface area contributed by atoms with E-state index >= 15 is 0 Å². The maximum Gasteiger partial charge on any atom is 0.247 e. The van der Waals surface area contributed by atoms with Crippen LogP contribution in [-0.2, 0) is 14.8 Å². The van der Waals surface area contributed by atoms with Crippen LogP contribution in [0.15, 0.2) is 17.0 Å². The molecule has 1 atom stereocenters. The van der Waals surface area contributed by atoms with Crippen LogP contribution in [0.4, 0.5) is 0 Å². The van der Waals surface area contributed by atoms with Crippen molar-refractivity contribution in [2.75, 3.05) is 6.54 Å². The van der Waals surface area contributed by atoms with Gasteiger partial charge in [-0.3, -0.25) is 4.79 Å². The Balaban J connectivity index is 2.50. The van der Waals surface area contributed by atoms with E-state index in [2.05, 4.69) is 0 Å². The second kappa shape index (κ2) is 6.12. The molecule has 0 saturated carbocycles. The molecular weight excluding hydrogens is 337 g/mol. The number of Topliss-reactive ketones (excluding diaryl/α,β-unsaturated/α-hetero) is 1. The molecule has 1 N–H and O–H groups in total. The van der Waals surface area contributed by atoms with E-state index in [1.807, 2.05) is 0 Å². The Labute approximate surface area is 133 Å². The summed E-state index contributed by atoms with van der Waals surface area (Å²) in [5.74, 6) is -0.681. The van der Waals surface area contributed by atoms with Crippen molar-refractivity contribution in [3.05, 3.63) is 22.2 Å². The average molecular weight is 352 g/mol. The number of phenols is 1. The summed E-state index contributed by atoms with van der Waals surface area (Å²) in [5.41, 5.74) is 0. The predicted molar refractivity (Wildman–Crippen MR) is 80.3 cm³/mol. The SMILES string of the molecule is CCC(=O)[C@@H]1CCCN1S(=O)(=O)c1cc(Cl)cc(Cl)c1O. The largest absolute Gasteiger partial charge is 0.505 e. The highest BCUT2D eigenvalue weighted by Gasteiger charge is 2.40. The van der Waals surface area contributed by atoms with E-state index in [-0.39, 0.29) is 33.7 Å². The number of benzene rings is 1. The maximum atomic E-state index is 12.7. The molecule has 0 unspecified atom stereocenters. The summed E-state index contributed by atoms with van der Waals surface area (Å²) in [7, 11) is -4.03. The predicted octanol–water partition coefficient (Wildman–Crippen LogP) is 2.83. The van der Waals surface area contributed by atoms with Gasteiger partial charge in [0.2, 0.25) is 10.0 Å². The molecule has 5 nitrogen and oxygen atoms in total. The van der Waals surface area contributed by atoms with Crippen LogP contribution < -0.4 is 0 Å². The molecule has 1 aliphatic rings. The van der Waals surface area contributed by atoms with Gasteiger partial charge < -0.3 is 5.11 Å². The third-order valence-electron chi connectivity index (χ3n) is 3.50. The maximum absolute atomic E-state index is 12.7. The zero-order chi connectivity index (χ0) is 15.8. The van der Waals surface area contributed by atoms with Gasteiger partial charge in [0.25, 0.3) is 0 Å². The van der Waals surface area contributed by atoms with E-state index in [0.29, 0.717) is 12.8 Å². The highest BCUT2D eigenvalue weighted by Crippen LogP contribution is 2.37. The van der Waals surface area contributed by atoms with Crippen molar-refractivity contribution < 1.29 is 18.3 Å². The molecule has 1 heterocycles. The van der Waals surface area contributed by atoms with Crippen LogP contribution in [0, 0.1) is 0 Å². The van der Waals surface area contributed by atoms with Gasteiger partial charge in [-0.05, 0) is 25.0 Å². The standard InChI is InChI=1S/C13H15Cl2NO4S/c1-2-11(17)10-4-3-5-16(10)21(19,20)12-7-8(14)6-9(15)13(12)18/h6-7,10,18H,2-5H2,1H3/t10-/m0/s1. The molecule has 116 valence electrons. The molecule has 0 bridgehead atoms. The average Bonchev–Trinajstić information content (AvgIpc) is 2.91. The number of nitrogens with zero attached hydrogens (tertiary/aromatic N) is 1. The Bertz CT molecular complexity index is 675. The highest BCUT2D eigenvalue weighted by atomic mass is 35.5. The first-order valence-corrected chi connectivity index (χ1v) is 8.71. The minimum Gasteiger partial charge on any atom is -0.505 e. The number of hydrogen-bond acceptors (Lipinski definition) is 4. The molecule has 1 aromatic rings. The molecule has 0 spiro atoms. The first kappa shape index (κ1) is 16.5. The zero-order valence-corrected chi connectivity index (χ0v) is 13.7. The van der Waals surface area contributed by atoms with Crippen LogP contribution in [0.25, 0.3) is 0 Å². The molecule has 2 rings (SSSR count). The minimum absolute atomic E-state index is 0.105. The van der Waals surface area contributed by atoms with Crippen LogP contribution >= 0.6 is 23.2 Å². The molecule has 0 amide bonds. The Kier molecular flexibility index (Phi) is 4.82. The Morgan fingerprint density at radius 2 is 2.10 bits per heavy atom. The number of carbonyl (C=O) groups is 1. The fourth-order valence-corrected chi connectivity index (χ4v) is 4.87. The van der Waals surface area contributed by atoms with Gasteiger partial charge in [-0.1, -0.05) is 30.1 Å². The van der Waals surface area contributed by atoms with E-state index in [1.54, 1.807) is 6.92 Å². The fourth-order valence-electron chi connectivity index (χ4n) is 2.45. The van der Waals surface area contributed by atoms with Gasteiger partial charge in [-0.2, -0.15) is 4.31 Å². The summed E-state index contributed by atoms with van der Waals surface area (Å²) < 4.78 is 26.5. The summed E-state index contributed by atoms with van der Waals surface area (Å²) in [4.78, 5) is 11.5. The highest BCUT2D eigenvalue weighted by molar-refractivity contribution is 7.89. The normalized spacial score (nSPS) is 19.9. The van der Waals surface area contributed by atoms with E-state index in [0.717, 1.165) is 10.4 Å². The molecule has 1 saturated heterocycles. The van der Waals surface area contributed by atoms with Crippen molar-refractivity contribution >= 4 is 39.0 Å². The van der Waals surface area contributed by atoms with Crippen molar-refractivity contribution in [3.63, 3.8) is 0 Å². The van der Waals surface area contributed by atoms with Gasteiger partial charge in [-0.15, -0.1) is 0 Å². The van der Waals surface area contributed by atoms with Gasteiger partial charge in [0.15, 0.2) is 11.5 Å². The Morgan fingerprint density at radius 1 is 1.43 bits per heavy atom. The van der Waals surface area contributed by atoms with Crippen LogP contribution in [0.5, 0.6) is 5.75 Å². The van der Waals surface area contributed by atoms with Crippen LogP contribution in [-0.4, -0.2) is 36.2 Å². The summed E-state index contributed by atoms with van der Waals surface area (Å²) in [6.45, 7) is 1.93. The lowest BCUT2D eigenvalue weighted by atomic mass is 10.1. The van der Waals surface area contributed by atoms with Crippen molar-refractivity contribution in [2.24, 2.45) is 0 Å². The van der Waals surface area contributed by atoms with Gasteiger partial charge in [-0.25, -0.2) is 8.42 Å². The first-order chi connectivity index (χ1) is 9.78. The van der Waals surface area contributed by atoms with Gasteiger partial charge >= 0.3 is 0 Å². The Morgan fingerprint density at radius 3 is 2.71 bits per heavy atom. The first-order valence-electron chi connectivity index (χ1n) is 6.51. The molecule has 0 radical (unpaired) electrons. The van der Waals surface area contributed by atoms with Crippen molar-refractivity contribution in [3.8, 4) is 5.75 Å². The molecule has 0 aromatic heterocycles. The van der Waals surface area contributed by atoms with Crippen LogP contribution in [0.2, 0.25) is 10.0 Å². The van der Waals surface area contributed by atoms with Gasteiger partial charge in [0.05, 0.1) is 11.1 Å². The van der Waals surface area contributed by atoms with Gasteiger partial charge in [0.1, 0.15) is 4.90 Å². The minimum atomic E-state index is -4.03. The molecule has 21 heavy (non-hydrogen) atoms. The number of carbonyl (C=O) groups excluding carboxylic acids is 1. The van der Waals surface area contributed by atoms with E-state index in [9.17, 15) is 18.3 Å². The van der Waals surface area contributed by atoms with Crippen molar-refractivity contribution in [2.45, 2.75) is 37.1 Å². The summed E-state index contributed by atoms with van der Waals surface area (Å²) in [5, 5.41) is 9.88. The fraction of sp³-hybridized carbons (Fsp3) is 0.462. The molecule has 1 fully saturated rings. The molecule has 8 heteroatoms. The number of ketones is 1. The van der Waals surface area contributed by atoms with Crippen molar-refractivity contribution in [1.29, 1.82) is 0 Å². The van der Waals surface area contributed by atoms with Crippen LogP contribution in [0.3, 0.4) is 0 Å². The summed E-state index contributed by atoms with van der Waals surface area (Å²) in [6, 6.07) is 1.72. The molecule has 1 aliphatic heterocycles. The van der Waals surface area contributed by atoms with Crippen molar-refractivity contribution in [1.82, 2.24) is 4.31 Å². The Hall–Kier alpha value is -0.820. The van der Waals surface area contributed by atoms with E-state index in [4.69, 9.17) is 23.2 Å². The third kappa shape index (κ3) is 3.04. The molecule has 1 aromatic carbocycles. The quantitative estimate of drug-likeness (QED) is 0.904. The second-order valence-electron chi connectivity index (χ2n) is 4.83. The lowest BCUT2D eigenvalue weighted by molar-refractivity contribution is -0.121. The number of sulfonamides is 1. The lowest BCUT2D eigenvalue weighted by Crippen LogP contribution is -2.40. The number of hydrogen-bond donors (Lipinski definition) is 1. The lowest BCUT2D eigenvalue weighted by Gasteiger charge is -2.23.